The van der Waals surface area contributed by atoms with Gasteiger partial charge in [-0.1, -0.05) is 36.4 Å². The number of hydrogen-bond acceptors (Lipinski definition) is 1. The molecule has 80 valence electrons. The van der Waals surface area contributed by atoms with Gasteiger partial charge in [-0.05, 0) is 37.3 Å². The zero-order chi connectivity index (χ0) is 10.7. The molecule has 1 aliphatic rings. The number of aliphatic hydroxyl groups is 1. The fraction of sp³-hybridized carbons (Fsp3) is 0.429. The minimum Gasteiger partial charge on any atom is -0.385 e. The number of rotatable bonds is 2. The van der Waals surface area contributed by atoms with E-state index in [1.165, 1.54) is 11.1 Å². The Kier molecular flexibility index (Phi) is 2.92. The van der Waals surface area contributed by atoms with Crippen molar-refractivity contribution in [1.82, 2.24) is 0 Å². The van der Waals surface area contributed by atoms with E-state index >= 15 is 0 Å². The van der Waals surface area contributed by atoms with Crippen LogP contribution >= 0.6 is 0 Å². The highest BCUT2D eigenvalue weighted by Gasteiger charge is 2.25. The van der Waals surface area contributed by atoms with Crippen molar-refractivity contribution in [1.29, 1.82) is 0 Å². The molecular weight excluding hydrogens is 184 g/mol. The molecule has 0 bridgehead atoms. The molecule has 15 heavy (non-hydrogen) atoms. The zero-order valence-electron chi connectivity index (χ0n) is 9.24. The summed E-state index contributed by atoms with van der Waals surface area (Å²) in [6.07, 6.45) is 7.91. The fourth-order valence-corrected chi connectivity index (χ4v) is 2.20. The van der Waals surface area contributed by atoms with E-state index in [0.717, 1.165) is 25.7 Å². The van der Waals surface area contributed by atoms with Gasteiger partial charge in [0.1, 0.15) is 0 Å². The summed E-state index contributed by atoms with van der Waals surface area (Å²) in [5.41, 5.74) is 1.92. The van der Waals surface area contributed by atoms with E-state index in [-0.39, 0.29) is 0 Å². The van der Waals surface area contributed by atoms with Crippen LogP contribution in [0.15, 0.2) is 36.4 Å². The van der Waals surface area contributed by atoms with Crippen molar-refractivity contribution in [2.75, 3.05) is 0 Å². The molecule has 0 saturated carbocycles. The second-order valence-electron chi connectivity index (χ2n) is 4.50. The van der Waals surface area contributed by atoms with E-state index in [1.54, 1.807) is 0 Å². The quantitative estimate of drug-likeness (QED) is 0.731. The lowest BCUT2D eigenvalue weighted by molar-refractivity contribution is 0.0749. The Bertz CT molecular complexity index is 367. The van der Waals surface area contributed by atoms with Crippen LogP contribution in [0.4, 0.5) is 0 Å². The lowest BCUT2D eigenvalue weighted by atomic mass is 9.84. The highest BCUT2D eigenvalue weighted by molar-refractivity contribution is 5.28. The van der Waals surface area contributed by atoms with Crippen LogP contribution in [0.3, 0.4) is 0 Å². The van der Waals surface area contributed by atoms with Gasteiger partial charge in [-0.15, -0.1) is 0 Å². The van der Waals surface area contributed by atoms with Crippen LogP contribution in [0, 0.1) is 6.92 Å². The van der Waals surface area contributed by atoms with E-state index in [0.29, 0.717) is 0 Å². The number of hydrogen-bond donors (Lipinski definition) is 1. The van der Waals surface area contributed by atoms with Gasteiger partial charge in [0, 0.05) is 6.42 Å². The molecule has 0 aliphatic heterocycles. The first-order chi connectivity index (χ1) is 7.20. The third kappa shape index (κ3) is 2.48. The summed E-state index contributed by atoms with van der Waals surface area (Å²) in [6.45, 7) is 2.10. The van der Waals surface area contributed by atoms with Gasteiger partial charge in [0.05, 0.1) is 5.60 Å². The topological polar surface area (TPSA) is 20.2 Å². The third-order valence-electron chi connectivity index (χ3n) is 3.17. The maximum Gasteiger partial charge on any atom is 0.0868 e. The predicted molar refractivity (Wildman–Crippen MR) is 62.8 cm³/mol. The molecule has 1 unspecified atom stereocenters. The van der Waals surface area contributed by atoms with E-state index < -0.39 is 5.60 Å². The van der Waals surface area contributed by atoms with E-state index in [1.807, 2.05) is 18.2 Å². The van der Waals surface area contributed by atoms with Crippen molar-refractivity contribution in [2.45, 2.75) is 38.2 Å². The average molecular weight is 202 g/mol. The highest BCUT2D eigenvalue weighted by Crippen LogP contribution is 2.26. The molecule has 0 fully saturated rings. The second kappa shape index (κ2) is 4.19. The minimum absolute atomic E-state index is 0.607. The summed E-state index contributed by atoms with van der Waals surface area (Å²) in [5, 5.41) is 10.4. The Balaban J connectivity index is 2.17. The molecule has 0 radical (unpaired) electrons. The molecule has 1 aromatic rings. The smallest absolute Gasteiger partial charge is 0.0868 e. The zero-order valence-corrected chi connectivity index (χ0v) is 9.24. The van der Waals surface area contributed by atoms with Gasteiger partial charge in [0.15, 0.2) is 0 Å². The average Bonchev–Trinajstić information content (AvgIpc) is 2.22. The SMILES string of the molecule is Cc1ccccc1CC1(O)C=CCCC1. The van der Waals surface area contributed by atoms with Crippen LogP contribution in [0.2, 0.25) is 0 Å². The Morgan fingerprint density at radius 1 is 1.33 bits per heavy atom. The molecule has 1 N–H and O–H groups in total. The molecule has 1 heteroatoms. The Morgan fingerprint density at radius 3 is 2.80 bits per heavy atom. The summed E-state index contributed by atoms with van der Waals surface area (Å²) in [6, 6.07) is 8.29. The number of benzene rings is 1. The van der Waals surface area contributed by atoms with Crippen molar-refractivity contribution in [3.63, 3.8) is 0 Å². The standard InChI is InChI=1S/C14H18O/c1-12-7-3-4-8-13(12)11-14(15)9-5-2-6-10-14/h3-5,7-9,15H,2,6,10-11H2,1H3. The Morgan fingerprint density at radius 2 is 2.13 bits per heavy atom. The largest absolute Gasteiger partial charge is 0.385 e. The van der Waals surface area contributed by atoms with Crippen LogP contribution in [-0.2, 0) is 6.42 Å². The van der Waals surface area contributed by atoms with Crippen LogP contribution in [-0.4, -0.2) is 10.7 Å². The molecule has 1 atom stereocenters. The number of aryl methyl sites for hydroxylation is 1. The van der Waals surface area contributed by atoms with E-state index in [9.17, 15) is 5.11 Å². The van der Waals surface area contributed by atoms with Crippen molar-refractivity contribution in [3.05, 3.63) is 47.5 Å². The molecule has 0 heterocycles. The van der Waals surface area contributed by atoms with Gasteiger partial charge in [-0.25, -0.2) is 0 Å². The molecule has 2 rings (SSSR count). The summed E-state index contributed by atoms with van der Waals surface area (Å²) in [4.78, 5) is 0. The number of allylic oxidation sites excluding steroid dienone is 1. The maximum atomic E-state index is 10.4. The first-order valence-corrected chi connectivity index (χ1v) is 5.64. The van der Waals surface area contributed by atoms with Gasteiger partial charge < -0.3 is 5.11 Å². The molecule has 1 aromatic carbocycles. The summed E-state index contributed by atoms with van der Waals surface area (Å²) in [7, 11) is 0. The van der Waals surface area contributed by atoms with Crippen molar-refractivity contribution < 1.29 is 5.11 Å². The second-order valence-corrected chi connectivity index (χ2v) is 4.50. The lowest BCUT2D eigenvalue weighted by Crippen LogP contribution is -2.30. The molecule has 0 amide bonds. The van der Waals surface area contributed by atoms with Gasteiger partial charge >= 0.3 is 0 Å². The van der Waals surface area contributed by atoms with Crippen molar-refractivity contribution in [2.24, 2.45) is 0 Å². The summed E-state index contributed by atoms with van der Waals surface area (Å²) < 4.78 is 0. The van der Waals surface area contributed by atoms with Crippen LogP contribution < -0.4 is 0 Å². The van der Waals surface area contributed by atoms with Gasteiger partial charge in [-0.3, -0.25) is 0 Å². The normalized spacial score (nSPS) is 25.5. The molecule has 0 aromatic heterocycles. The summed E-state index contributed by atoms with van der Waals surface area (Å²) in [5.74, 6) is 0. The molecular formula is C14H18O. The van der Waals surface area contributed by atoms with Crippen molar-refractivity contribution in [3.8, 4) is 0 Å². The molecule has 1 aliphatic carbocycles. The van der Waals surface area contributed by atoms with Crippen molar-refractivity contribution >= 4 is 0 Å². The van der Waals surface area contributed by atoms with Crippen LogP contribution in [0.25, 0.3) is 0 Å². The monoisotopic (exact) mass is 202 g/mol. The molecule has 1 nitrogen and oxygen atoms in total. The predicted octanol–water partition coefficient (Wildman–Crippen LogP) is 3.01. The van der Waals surface area contributed by atoms with E-state index in [4.69, 9.17) is 0 Å². The highest BCUT2D eigenvalue weighted by atomic mass is 16.3. The Hall–Kier alpha value is -1.08. The summed E-state index contributed by atoms with van der Waals surface area (Å²) >= 11 is 0. The Labute approximate surface area is 91.4 Å². The molecule has 0 spiro atoms. The first-order valence-electron chi connectivity index (χ1n) is 5.64. The van der Waals surface area contributed by atoms with Gasteiger partial charge in [-0.2, -0.15) is 0 Å². The molecule has 0 saturated heterocycles. The maximum absolute atomic E-state index is 10.4. The van der Waals surface area contributed by atoms with Gasteiger partial charge in [0.25, 0.3) is 0 Å². The minimum atomic E-state index is -0.607. The van der Waals surface area contributed by atoms with Crippen LogP contribution in [0.1, 0.15) is 30.4 Å². The fourth-order valence-electron chi connectivity index (χ4n) is 2.20. The first kappa shape index (κ1) is 10.4. The third-order valence-corrected chi connectivity index (χ3v) is 3.17. The van der Waals surface area contributed by atoms with E-state index in [2.05, 4.69) is 25.1 Å². The van der Waals surface area contributed by atoms with Gasteiger partial charge in [0.2, 0.25) is 0 Å². The lowest BCUT2D eigenvalue weighted by Gasteiger charge is -2.28. The van der Waals surface area contributed by atoms with Crippen LogP contribution in [0.5, 0.6) is 0 Å².